The number of non-ortho nitro benzene ring substituents is 1. The van der Waals surface area contributed by atoms with E-state index >= 15 is 0 Å². The van der Waals surface area contributed by atoms with Gasteiger partial charge in [-0.2, -0.15) is 0 Å². The van der Waals surface area contributed by atoms with Crippen LogP contribution in [0.1, 0.15) is 36.6 Å². The lowest BCUT2D eigenvalue weighted by molar-refractivity contribution is -0.384. The molecule has 0 spiro atoms. The van der Waals surface area contributed by atoms with Gasteiger partial charge in [-0.25, -0.2) is 4.98 Å². The van der Waals surface area contributed by atoms with Crippen molar-refractivity contribution >= 4 is 23.2 Å². The fourth-order valence-electron chi connectivity index (χ4n) is 2.48. The molecule has 0 aliphatic carbocycles. The number of aromatic nitrogens is 1. The predicted molar refractivity (Wildman–Crippen MR) is 102 cm³/mol. The Labute approximate surface area is 161 Å². The Morgan fingerprint density at radius 3 is 2.50 bits per heavy atom. The van der Waals surface area contributed by atoms with Crippen LogP contribution in [-0.4, -0.2) is 34.8 Å². The van der Waals surface area contributed by atoms with E-state index in [1.54, 1.807) is 7.05 Å². The van der Waals surface area contributed by atoms with Crippen molar-refractivity contribution in [3.63, 3.8) is 0 Å². The van der Waals surface area contributed by atoms with Gasteiger partial charge in [0.15, 0.2) is 5.69 Å². The van der Waals surface area contributed by atoms with Gasteiger partial charge in [-0.1, -0.05) is 13.8 Å². The summed E-state index contributed by atoms with van der Waals surface area (Å²) in [6.07, 6.45) is 1.65. The van der Waals surface area contributed by atoms with Crippen LogP contribution in [0.2, 0.25) is 0 Å². The number of nitrogens with zero attached hydrogens (tertiary/aromatic N) is 2. The summed E-state index contributed by atoms with van der Waals surface area (Å²) >= 11 is 0. The van der Waals surface area contributed by atoms with E-state index in [4.69, 9.17) is 4.42 Å². The summed E-state index contributed by atoms with van der Waals surface area (Å²) in [4.78, 5) is 39.3. The zero-order chi connectivity index (χ0) is 20.7. The predicted octanol–water partition coefficient (Wildman–Crippen LogP) is 2.09. The van der Waals surface area contributed by atoms with Gasteiger partial charge in [0.05, 0.1) is 11.5 Å². The summed E-state index contributed by atoms with van der Waals surface area (Å²) in [5.41, 5.74) is 0.409. The molecule has 0 bridgehead atoms. The summed E-state index contributed by atoms with van der Waals surface area (Å²) in [7, 11) is 1.73. The minimum absolute atomic E-state index is 0.0755. The second-order valence-corrected chi connectivity index (χ2v) is 6.61. The second kappa shape index (κ2) is 9.60. The third-order valence-electron chi connectivity index (χ3n) is 3.79. The van der Waals surface area contributed by atoms with Crippen LogP contribution in [0.5, 0.6) is 0 Å². The van der Waals surface area contributed by atoms with Gasteiger partial charge in [0.25, 0.3) is 11.6 Å². The molecule has 1 aromatic carbocycles. The Hall–Kier alpha value is -3.27. The Bertz CT molecular complexity index is 831. The molecule has 2 aromatic rings. The average Bonchev–Trinajstić information content (AvgIpc) is 3.10. The van der Waals surface area contributed by atoms with Crippen molar-refractivity contribution in [2.24, 2.45) is 5.92 Å². The lowest BCUT2D eigenvalue weighted by Crippen LogP contribution is -2.44. The van der Waals surface area contributed by atoms with Crippen molar-refractivity contribution in [2.45, 2.75) is 32.9 Å². The summed E-state index contributed by atoms with van der Waals surface area (Å²) in [6.45, 7) is 4.24. The summed E-state index contributed by atoms with van der Waals surface area (Å²) in [6, 6.07) is 4.67. The van der Waals surface area contributed by atoms with Crippen molar-refractivity contribution in [1.29, 1.82) is 0 Å². The molecule has 1 heterocycles. The monoisotopic (exact) mass is 389 g/mol. The number of anilines is 1. The highest BCUT2D eigenvalue weighted by Gasteiger charge is 2.24. The number of nitrogens with one attached hydrogen (secondary N) is 3. The number of amides is 2. The Kier molecular flexibility index (Phi) is 7.21. The van der Waals surface area contributed by atoms with Gasteiger partial charge in [-0.3, -0.25) is 19.7 Å². The van der Waals surface area contributed by atoms with E-state index < -0.39 is 22.8 Å². The van der Waals surface area contributed by atoms with Crippen LogP contribution in [0.15, 0.2) is 34.9 Å². The van der Waals surface area contributed by atoms with Crippen LogP contribution in [0.25, 0.3) is 0 Å². The number of hydrogen-bond acceptors (Lipinski definition) is 7. The standard InChI is InChI=1S/C18H23N5O5/c1-11(2)8-14(22-18(25)15-10-28-16(21-15)9-19-3)17(24)20-12-4-6-13(7-5-12)23(26)27/h4-7,10-11,14,19H,8-9H2,1-3H3,(H,20,24)(H,22,25). The van der Waals surface area contributed by atoms with Crippen molar-refractivity contribution in [3.8, 4) is 0 Å². The maximum atomic E-state index is 12.6. The smallest absolute Gasteiger partial charge is 0.273 e. The van der Waals surface area contributed by atoms with Gasteiger partial charge in [0.1, 0.15) is 12.3 Å². The van der Waals surface area contributed by atoms with Gasteiger partial charge < -0.3 is 20.4 Å². The zero-order valence-electron chi connectivity index (χ0n) is 15.9. The van der Waals surface area contributed by atoms with Crippen LogP contribution in [0.4, 0.5) is 11.4 Å². The lowest BCUT2D eigenvalue weighted by Gasteiger charge is -2.19. The molecule has 28 heavy (non-hydrogen) atoms. The minimum atomic E-state index is -0.799. The molecule has 2 amide bonds. The molecular weight excluding hydrogens is 366 g/mol. The molecule has 150 valence electrons. The molecule has 1 atom stereocenters. The molecule has 3 N–H and O–H groups in total. The van der Waals surface area contributed by atoms with E-state index in [0.29, 0.717) is 24.5 Å². The number of carbonyl (C=O) groups is 2. The first-order valence-electron chi connectivity index (χ1n) is 8.75. The van der Waals surface area contributed by atoms with Gasteiger partial charge in [-0.15, -0.1) is 0 Å². The molecule has 0 saturated carbocycles. The quantitative estimate of drug-likeness (QED) is 0.441. The second-order valence-electron chi connectivity index (χ2n) is 6.61. The molecule has 2 rings (SSSR count). The van der Waals surface area contributed by atoms with Crippen molar-refractivity contribution < 1.29 is 18.9 Å². The van der Waals surface area contributed by atoms with Crippen molar-refractivity contribution in [2.75, 3.05) is 12.4 Å². The molecule has 1 unspecified atom stereocenters. The van der Waals surface area contributed by atoms with Gasteiger partial charge in [0, 0.05) is 17.8 Å². The Morgan fingerprint density at radius 1 is 1.25 bits per heavy atom. The number of hydrogen-bond donors (Lipinski definition) is 3. The first-order valence-corrected chi connectivity index (χ1v) is 8.75. The topological polar surface area (TPSA) is 139 Å². The van der Waals surface area contributed by atoms with Crippen LogP contribution in [0.3, 0.4) is 0 Å². The van der Waals surface area contributed by atoms with Crippen LogP contribution in [-0.2, 0) is 11.3 Å². The normalized spacial score (nSPS) is 11.9. The van der Waals surface area contributed by atoms with Crippen LogP contribution >= 0.6 is 0 Å². The SMILES string of the molecule is CNCc1nc(C(=O)NC(CC(C)C)C(=O)Nc2ccc([N+](=O)[O-])cc2)co1. The van der Waals surface area contributed by atoms with E-state index in [1.807, 2.05) is 13.8 Å². The maximum absolute atomic E-state index is 12.6. The average molecular weight is 389 g/mol. The Morgan fingerprint density at radius 2 is 1.93 bits per heavy atom. The minimum Gasteiger partial charge on any atom is -0.447 e. The summed E-state index contributed by atoms with van der Waals surface area (Å²) < 4.78 is 5.19. The van der Waals surface area contributed by atoms with E-state index in [9.17, 15) is 19.7 Å². The van der Waals surface area contributed by atoms with Gasteiger partial charge >= 0.3 is 0 Å². The number of nitro groups is 1. The number of benzene rings is 1. The first-order chi connectivity index (χ1) is 13.3. The zero-order valence-corrected chi connectivity index (χ0v) is 15.9. The molecule has 0 aliphatic rings. The van der Waals surface area contributed by atoms with Crippen molar-refractivity contribution in [1.82, 2.24) is 15.6 Å². The third kappa shape index (κ3) is 5.88. The van der Waals surface area contributed by atoms with E-state index in [-0.39, 0.29) is 17.3 Å². The van der Waals surface area contributed by atoms with E-state index in [2.05, 4.69) is 20.9 Å². The van der Waals surface area contributed by atoms with Crippen LogP contribution < -0.4 is 16.0 Å². The highest BCUT2D eigenvalue weighted by atomic mass is 16.6. The number of carbonyl (C=O) groups excluding carboxylic acids is 2. The van der Waals surface area contributed by atoms with Crippen LogP contribution in [0, 0.1) is 16.0 Å². The number of nitro benzene ring substituents is 1. The van der Waals surface area contributed by atoms with E-state index in [0.717, 1.165) is 0 Å². The fraction of sp³-hybridized carbons (Fsp3) is 0.389. The Balaban J connectivity index is 2.07. The summed E-state index contributed by atoms with van der Waals surface area (Å²) in [5, 5.41) is 18.9. The fourth-order valence-corrected chi connectivity index (χ4v) is 2.48. The largest absolute Gasteiger partial charge is 0.447 e. The third-order valence-corrected chi connectivity index (χ3v) is 3.79. The highest BCUT2D eigenvalue weighted by Crippen LogP contribution is 2.16. The summed E-state index contributed by atoms with van der Waals surface area (Å²) in [5.74, 6) is -0.432. The highest BCUT2D eigenvalue weighted by molar-refractivity contribution is 6.00. The molecule has 0 aliphatic heterocycles. The lowest BCUT2D eigenvalue weighted by atomic mass is 10.0. The van der Waals surface area contributed by atoms with Gasteiger partial charge in [-0.05, 0) is 31.5 Å². The molecule has 0 radical (unpaired) electrons. The molecule has 10 nitrogen and oxygen atoms in total. The molecule has 0 fully saturated rings. The number of rotatable bonds is 9. The van der Waals surface area contributed by atoms with E-state index in [1.165, 1.54) is 30.5 Å². The molecule has 10 heteroatoms. The number of oxazole rings is 1. The van der Waals surface area contributed by atoms with Gasteiger partial charge in [0.2, 0.25) is 11.8 Å². The molecular formula is C18H23N5O5. The molecule has 0 saturated heterocycles. The van der Waals surface area contributed by atoms with Crippen molar-refractivity contribution in [3.05, 3.63) is 52.2 Å². The first kappa shape index (κ1) is 21.0. The maximum Gasteiger partial charge on any atom is 0.273 e. The molecule has 1 aromatic heterocycles.